The number of hydrogen-bond donors (Lipinski definition) is 2. The number of halogens is 1. The lowest BCUT2D eigenvalue weighted by Gasteiger charge is -2.20. The fourth-order valence-corrected chi connectivity index (χ4v) is 2.06. The molecule has 1 aromatic rings. The summed E-state index contributed by atoms with van der Waals surface area (Å²) in [6.07, 6.45) is -0.680. The van der Waals surface area contributed by atoms with Crippen LogP contribution in [0.5, 0.6) is 0 Å². The number of rotatable bonds is 2. The molecule has 0 aliphatic heterocycles. The number of benzene rings is 1. The van der Waals surface area contributed by atoms with E-state index in [9.17, 15) is 9.59 Å². The number of ether oxygens (including phenoxy) is 1. The zero-order valence-corrected chi connectivity index (χ0v) is 12.8. The maximum absolute atomic E-state index is 11.7. The van der Waals surface area contributed by atoms with Gasteiger partial charge in [-0.15, -0.1) is 0 Å². The van der Waals surface area contributed by atoms with Crippen molar-refractivity contribution in [2.24, 2.45) is 0 Å². The van der Waals surface area contributed by atoms with Gasteiger partial charge in [0.15, 0.2) is 0 Å². The molecule has 6 heteroatoms. The van der Waals surface area contributed by atoms with Gasteiger partial charge in [-0.1, -0.05) is 15.9 Å². The lowest BCUT2D eigenvalue weighted by molar-refractivity contribution is 0.0636. The van der Waals surface area contributed by atoms with Crippen LogP contribution in [0.25, 0.3) is 0 Å². The van der Waals surface area contributed by atoms with E-state index in [2.05, 4.69) is 21.2 Å². The van der Waals surface area contributed by atoms with Gasteiger partial charge in [-0.2, -0.15) is 0 Å². The minimum absolute atomic E-state index is 0.0118. The standard InChI is InChI=1S/C13H16BrNO4/c1-7-5-8(14)6-9(11(16)17)10(7)15-12(18)19-13(2,3)4/h5-6H,1-4H3,(H,15,18)(H,16,17). The van der Waals surface area contributed by atoms with Crippen LogP contribution in [0.2, 0.25) is 0 Å². The Morgan fingerprint density at radius 2 is 1.89 bits per heavy atom. The van der Waals surface area contributed by atoms with Crippen molar-refractivity contribution in [2.45, 2.75) is 33.3 Å². The van der Waals surface area contributed by atoms with Crippen LogP contribution < -0.4 is 5.32 Å². The van der Waals surface area contributed by atoms with Crippen LogP contribution in [0.1, 0.15) is 36.7 Å². The van der Waals surface area contributed by atoms with Gasteiger partial charge in [0, 0.05) is 4.47 Å². The molecule has 19 heavy (non-hydrogen) atoms. The van der Waals surface area contributed by atoms with Crippen LogP contribution in [0.3, 0.4) is 0 Å². The average Bonchev–Trinajstić information content (AvgIpc) is 2.18. The summed E-state index contributed by atoms with van der Waals surface area (Å²) in [6.45, 7) is 6.92. The smallest absolute Gasteiger partial charge is 0.412 e. The average molecular weight is 330 g/mol. The topological polar surface area (TPSA) is 75.6 Å². The first-order valence-electron chi connectivity index (χ1n) is 5.63. The normalized spacial score (nSPS) is 11.0. The number of hydrogen-bond acceptors (Lipinski definition) is 3. The van der Waals surface area contributed by atoms with Crippen LogP contribution >= 0.6 is 15.9 Å². The van der Waals surface area contributed by atoms with E-state index >= 15 is 0 Å². The maximum atomic E-state index is 11.7. The van der Waals surface area contributed by atoms with Gasteiger partial charge in [0.05, 0.1) is 11.3 Å². The van der Waals surface area contributed by atoms with E-state index in [0.29, 0.717) is 10.0 Å². The molecule has 0 heterocycles. The van der Waals surface area contributed by atoms with Gasteiger partial charge in [0.2, 0.25) is 0 Å². The van der Waals surface area contributed by atoms with Crippen LogP contribution in [0.15, 0.2) is 16.6 Å². The summed E-state index contributed by atoms with van der Waals surface area (Å²) in [5.41, 5.74) is 0.247. The number of carboxylic acid groups (broad SMARTS) is 1. The lowest BCUT2D eigenvalue weighted by Crippen LogP contribution is -2.28. The van der Waals surface area contributed by atoms with Crippen molar-refractivity contribution in [1.29, 1.82) is 0 Å². The first-order valence-corrected chi connectivity index (χ1v) is 6.43. The summed E-state index contributed by atoms with van der Waals surface area (Å²) in [5.74, 6) is -1.12. The molecule has 1 amide bonds. The van der Waals surface area contributed by atoms with Crippen LogP contribution in [0.4, 0.5) is 10.5 Å². The minimum Gasteiger partial charge on any atom is -0.478 e. The number of aryl methyl sites for hydroxylation is 1. The highest BCUT2D eigenvalue weighted by Gasteiger charge is 2.20. The van der Waals surface area contributed by atoms with Crippen molar-refractivity contribution in [3.8, 4) is 0 Å². The van der Waals surface area contributed by atoms with Gasteiger partial charge in [-0.05, 0) is 45.4 Å². The molecule has 0 saturated carbocycles. The summed E-state index contributed by atoms with van der Waals surface area (Å²) < 4.78 is 5.74. The first kappa shape index (κ1) is 15.5. The molecular formula is C13H16BrNO4. The quantitative estimate of drug-likeness (QED) is 0.865. The zero-order valence-electron chi connectivity index (χ0n) is 11.2. The fourth-order valence-electron chi connectivity index (χ4n) is 1.48. The molecule has 0 atom stereocenters. The highest BCUT2D eigenvalue weighted by molar-refractivity contribution is 9.10. The Kier molecular flexibility index (Phi) is 4.57. The Morgan fingerprint density at radius 1 is 1.32 bits per heavy atom. The van der Waals surface area contributed by atoms with Crippen molar-refractivity contribution >= 4 is 33.7 Å². The number of nitrogens with one attached hydrogen (secondary N) is 1. The second-order valence-electron chi connectivity index (χ2n) is 5.08. The number of carbonyl (C=O) groups excluding carboxylic acids is 1. The number of carboxylic acids is 1. The predicted molar refractivity (Wildman–Crippen MR) is 75.7 cm³/mol. The van der Waals surface area contributed by atoms with E-state index in [-0.39, 0.29) is 11.3 Å². The molecule has 2 N–H and O–H groups in total. The highest BCUT2D eigenvalue weighted by atomic mass is 79.9. The molecule has 0 fully saturated rings. The van der Waals surface area contributed by atoms with Crippen molar-refractivity contribution < 1.29 is 19.4 Å². The molecule has 0 spiro atoms. The lowest BCUT2D eigenvalue weighted by atomic mass is 10.1. The number of amides is 1. The summed E-state index contributed by atoms with van der Waals surface area (Å²) in [6, 6.07) is 3.15. The number of carbonyl (C=O) groups is 2. The van der Waals surface area contributed by atoms with Crippen molar-refractivity contribution in [3.63, 3.8) is 0 Å². The summed E-state index contributed by atoms with van der Waals surface area (Å²) in [5, 5.41) is 11.6. The Hall–Kier alpha value is -1.56. The third kappa shape index (κ3) is 4.55. The predicted octanol–water partition coefficient (Wildman–Crippen LogP) is 3.80. The SMILES string of the molecule is Cc1cc(Br)cc(C(=O)O)c1NC(=O)OC(C)(C)C. The van der Waals surface area contributed by atoms with E-state index in [1.165, 1.54) is 6.07 Å². The van der Waals surface area contributed by atoms with Crippen LogP contribution in [-0.4, -0.2) is 22.8 Å². The minimum atomic E-state index is -1.12. The zero-order chi connectivity index (χ0) is 14.8. The van der Waals surface area contributed by atoms with Crippen molar-refractivity contribution in [1.82, 2.24) is 0 Å². The van der Waals surface area contributed by atoms with E-state index in [0.717, 1.165) is 0 Å². The van der Waals surface area contributed by atoms with E-state index in [1.807, 2.05) is 0 Å². The molecule has 0 aromatic heterocycles. The van der Waals surface area contributed by atoms with E-state index < -0.39 is 17.7 Å². The molecule has 0 radical (unpaired) electrons. The van der Waals surface area contributed by atoms with Gasteiger partial charge in [-0.3, -0.25) is 5.32 Å². The molecule has 1 rings (SSSR count). The molecular weight excluding hydrogens is 314 g/mol. The van der Waals surface area contributed by atoms with Crippen molar-refractivity contribution in [3.05, 3.63) is 27.7 Å². The molecule has 0 bridgehead atoms. The summed E-state index contributed by atoms with van der Waals surface area (Å²) >= 11 is 3.22. The molecule has 1 aromatic carbocycles. The van der Waals surface area contributed by atoms with Gasteiger partial charge in [0.25, 0.3) is 0 Å². The summed E-state index contributed by atoms with van der Waals surface area (Å²) in [7, 11) is 0. The largest absolute Gasteiger partial charge is 0.478 e. The fraction of sp³-hybridized carbons (Fsp3) is 0.385. The van der Waals surface area contributed by atoms with Crippen molar-refractivity contribution in [2.75, 3.05) is 5.32 Å². The van der Waals surface area contributed by atoms with Gasteiger partial charge in [-0.25, -0.2) is 9.59 Å². The third-order valence-electron chi connectivity index (χ3n) is 2.16. The molecule has 0 aliphatic carbocycles. The van der Waals surface area contributed by atoms with Gasteiger partial charge in [0.1, 0.15) is 5.60 Å². The first-order chi connectivity index (χ1) is 8.60. The number of anilines is 1. The molecule has 104 valence electrons. The molecule has 5 nitrogen and oxygen atoms in total. The number of aromatic carboxylic acids is 1. The Labute approximate surface area is 120 Å². The van der Waals surface area contributed by atoms with E-state index in [1.54, 1.807) is 33.8 Å². The maximum Gasteiger partial charge on any atom is 0.412 e. The second kappa shape index (κ2) is 5.61. The second-order valence-corrected chi connectivity index (χ2v) is 5.99. The van der Waals surface area contributed by atoms with Gasteiger partial charge < -0.3 is 9.84 Å². The van der Waals surface area contributed by atoms with Crippen LogP contribution in [0, 0.1) is 6.92 Å². The van der Waals surface area contributed by atoms with Crippen LogP contribution in [-0.2, 0) is 4.74 Å². The Morgan fingerprint density at radius 3 is 2.37 bits per heavy atom. The highest BCUT2D eigenvalue weighted by Crippen LogP contribution is 2.26. The summed E-state index contributed by atoms with van der Waals surface area (Å²) in [4.78, 5) is 22.9. The van der Waals surface area contributed by atoms with E-state index in [4.69, 9.17) is 9.84 Å². The Bertz CT molecular complexity index is 520. The Balaban J connectivity index is 3.07. The van der Waals surface area contributed by atoms with Gasteiger partial charge >= 0.3 is 12.1 Å². The molecule has 0 aliphatic rings. The monoisotopic (exact) mass is 329 g/mol. The molecule has 0 saturated heterocycles. The third-order valence-corrected chi connectivity index (χ3v) is 2.61. The molecule has 0 unspecified atom stereocenters.